The van der Waals surface area contributed by atoms with Crippen LogP contribution in [0.2, 0.25) is 0 Å². The average molecular weight is 298 g/mol. The van der Waals surface area contributed by atoms with Crippen molar-refractivity contribution in [3.63, 3.8) is 0 Å². The van der Waals surface area contributed by atoms with Gasteiger partial charge in [0.25, 0.3) is 0 Å². The Morgan fingerprint density at radius 3 is 2.48 bits per heavy atom. The third-order valence-electron chi connectivity index (χ3n) is 3.36. The van der Waals surface area contributed by atoms with Gasteiger partial charge in [0.05, 0.1) is 0 Å². The fourth-order valence-electron chi connectivity index (χ4n) is 2.23. The highest BCUT2D eigenvalue weighted by Crippen LogP contribution is 2.17. The van der Waals surface area contributed by atoms with Crippen molar-refractivity contribution in [2.24, 2.45) is 4.99 Å². The van der Waals surface area contributed by atoms with E-state index in [1.165, 1.54) is 25.7 Å². The Hall–Kier alpha value is -1.46. The first-order valence-corrected chi connectivity index (χ1v) is 7.73. The van der Waals surface area contributed by atoms with Gasteiger partial charge in [0.1, 0.15) is 5.60 Å². The van der Waals surface area contributed by atoms with E-state index in [4.69, 9.17) is 4.74 Å². The van der Waals surface area contributed by atoms with Gasteiger partial charge in [0.2, 0.25) is 0 Å². The predicted octanol–water partition coefficient (Wildman–Crippen LogP) is 1.96. The predicted molar refractivity (Wildman–Crippen MR) is 85.6 cm³/mol. The zero-order chi connectivity index (χ0) is 15.9. The van der Waals surface area contributed by atoms with Crippen LogP contribution in [0.25, 0.3) is 0 Å². The molecule has 1 aliphatic carbocycles. The molecule has 1 saturated carbocycles. The number of guanidine groups is 1. The Morgan fingerprint density at radius 2 is 1.95 bits per heavy atom. The summed E-state index contributed by atoms with van der Waals surface area (Å²) in [6.45, 7) is 6.81. The number of carbonyl (C=O) groups is 1. The molecule has 0 aromatic carbocycles. The lowest BCUT2D eigenvalue weighted by Gasteiger charge is -2.25. The van der Waals surface area contributed by atoms with Crippen molar-refractivity contribution < 1.29 is 9.53 Å². The first-order chi connectivity index (χ1) is 9.81. The van der Waals surface area contributed by atoms with Crippen LogP contribution in [-0.2, 0) is 4.74 Å². The first-order valence-electron chi connectivity index (χ1n) is 7.73. The van der Waals surface area contributed by atoms with Gasteiger partial charge in [-0.2, -0.15) is 0 Å². The molecule has 1 aliphatic rings. The largest absolute Gasteiger partial charge is 0.444 e. The second-order valence-corrected chi connectivity index (χ2v) is 6.53. The van der Waals surface area contributed by atoms with Crippen LogP contribution < -0.4 is 10.6 Å². The van der Waals surface area contributed by atoms with Crippen molar-refractivity contribution in [2.45, 2.75) is 58.1 Å². The summed E-state index contributed by atoms with van der Waals surface area (Å²) in [5.74, 6) is 0.805. The van der Waals surface area contributed by atoms with Crippen molar-refractivity contribution in [1.82, 2.24) is 15.5 Å². The minimum absolute atomic E-state index is 0.303. The number of hydrogen-bond acceptors (Lipinski definition) is 3. The van der Waals surface area contributed by atoms with E-state index in [-0.39, 0.29) is 6.09 Å². The molecule has 6 nitrogen and oxygen atoms in total. The van der Waals surface area contributed by atoms with Crippen LogP contribution in [0.15, 0.2) is 4.99 Å². The number of hydrogen-bond donors (Lipinski definition) is 2. The molecule has 0 atom stereocenters. The number of aliphatic imine (C=N–C) groups is 1. The van der Waals surface area contributed by atoms with E-state index < -0.39 is 5.60 Å². The van der Waals surface area contributed by atoms with Gasteiger partial charge in [-0.3, -0.25) is 4.99 Å². The lowest BCUT2D eigenvalue weighted by atomic mass is 10.2. The second kappa shape index (κ2) is 8.10. The van der Waals surface area contributed by atoms with Crippen LogP contribution >= 0.6 is 0 Å². The highest BCUT2D eigenvalue weighted by Gasteiger charge is 2.19. The van der Waals surface area contributed by atoms with Crippen LogP contribution in [0.1, 0.15) is 46.5 Å². The molecule has 0 aliphatic heterocycles. The van der Waals surface area contributed by atoms with E-state index >= 15 is 0 Å². The molecular weight excluding hydrogens is 268 g/mol. The molecule has 0 saturated heterocycles. The molecular formula is C15H30N4O2. The van der Waals surface area contributed by atoms with Gasteiger partial charge in [-0.1, -0.05) is 12.8 Å². The minimum Gasteiger partial charge on any atom is -0.444 e. The van der Waals surface area contributed by atoms with Gasteiger partial charge in [-0.15, -0.1) is 0 Å². The van der Waals surface area contributed by atoms with E-state index in [1.54, 1.807) is 19.0 Å². The molecule has 0 aromatic rings. The minimum atomic E-state index is -0.459. The summed E-state index contributed by atoms with van der Waals surface area (Å²) >= 11 is 0. The zero-order valence-corrected chi connectivity index (χ0v) is 14.0. The summed E-state index contributed by atoms with van der Waals surface area (Å²) in [5.41, 5.74) is -0.459. The number of rotatable bonds is 4. The molecule has 0 unspecified atom stereocenters. The lowest BCUT2D eigenvalue weighted by molar-refractivity contribution is 0.0302. The lowest BCUT2D eigenvalue weighted by Crippen LogP contribution is -2.45. The molecule has 0 bridgehead atoms. The van der Waals surface area contributed by atoms with Crippen LogP contribution in [0.5, 0.6) is 0 Å². The Bertz CT molecular complexity index is 357. The SMILES string of the molecule is CN=C(NCCN(C)C(=O)OC(C)(C)C)NC1CCCC1. The molecule has 0 spiro atoms. The van der Waals surface area contributed by atoms with E-state index in [9.17, 15) is 4.79 Å². The number of ether oxygens (including phenoxy) is 1. The van der Waals surface area contributed by atoms with Gasteiger partial charge in [0.15, 0.2) is 5.96 Å². The summed E-state index contributed by atoms with van der Waals surface area (Å²) in [7, 11) is 3.50. The number of nitrogens with zero attached hydrogens (tertiary/aromatic N) is 2. The van der Waals surface area contributed by atoms with Crippen molar-refractivity contribution >= 4 is 12.1 Å². The molecule has 2 N–H and O–H groups in total. The first kappa shape index (κ1) is 17.6. The van der Waals surface area contributed by atoms with Crippen LogP contribution in [0.3, 0.4) is 0 Å². The summed E-state index contributed by atoms with van der Waals surface area (Å²) in [6.07, 6.45) is 4.69. The Balaban J connectivity index is 2.25. The fourth-order valence-corrected chi connectivity index (χ4v) is 2.23. The van der Waals surface area contributed by atoms with Crippen LogP contribution in [0, 0.1) is 0 Å². The number of likely N-dealkylation sites (N-methyl/N-ethyl adjacent to an activating group) is 1. The van der Waals surface area contributed by atoms with Gasteiger partial charge >= 0.3 is 6.09 Å². The van der Waals surface area contributed by atoms with Gasteiger partial charge < -0.3 is 20.3 Å². The molecule has 1 rings (SSSR count). The van der Waals surface area contributed by atoms with E-state index in [0.29, 0.717) is 19.1 Å². The standard InChI is InChI=1S/C15H30N4O2/c1-15(2,3)21-14(20)19(5)11-10-17-13(16-4)18-12-8-6-7-9-12/h12H,6-11H2,1-5H3,(H2,16,17,18). The third kappa shape index (κ3) is 7.20. The Morgan fingerprint density at radius 1 is 1.33 bits per heavy atom. The molecule has 122 valence electrons. The highest BCUT2D eigenvalue weighted by atomic mass is 16.6. The van der Waals surface area contributed by atoms with E-state index in [0.717, 1.165) is 5.96 Å². The maximum Gasteiger partial charge on any atom is 0.410 e. The number of carbonyl (C=O) groups excluding carboxylic acids is 1. The Labute approximate surface area is 128 Å². The van der Waals surface area contributed by atoms with Crippen molar-refractivity contribution in [1.29, 1.82) is 0 Å². The molecule has 0 heterocycles. The van der Waals surface area contributed by atoms with Gasteiger partial charge in [0, 0.05) is 33.2 Å². The van der Waals surface area contributed by atoms with Crippen LogP contribution in [-0.4, -0.2) is 55.8 Å². The third-order valence-corrected chi connectivity index (χ3v) is 3.36. The van der Waals surface area contributed by atoms with E-state index in [2.05, 4.69) is 15.6 Å². The molecule has 1 amide bonds. The maximum absolute atomic E-state index is 11.8. The Kier molecular flexibility index (Phi) is 6.78. The molecule has 21 heavy (non-hydrogen) atoms. The fraction of sp³-hybridized carbons (Fsp3) is 0.867. The van der Waals surface area contributed by atoms with Crippen molar-refractivity contribution in [3.05, 3.63) is 0 Å². The molecule has 0 radical (unpaired) electrons. The zero-order valence-electron chi connectivity index (χ0n) is 14.0. The summed E-state index contributed by atoms with van der Waals surface area (Å²) < 4.78 is 5.30. The normalized spacial score (nSPS) is 16.7. The summed E-state index contributed by atoms with van der Waals surface area (Å²) in [5, 5.41) is 6.65. The van der Waals surface area contributed by atoms with Gasteiger partial charge in [-0.25, -0.2) is 4.79 Å². The number of amides is 1. The monoisotopic (exact) mass is 298 g/mol. The second-order valence-electron chi connectivity index (χ2n) is 6.53. The molecule has 6 heteroatoms. The molecule has 1 fully saturated rings. The van der Waals surface area contributed by atoms with Crippen LogP contribution in [0.4, 0.5) is 4.79 Å². The smallest absolute Gasteiger partial charge is 0.410 e. The number of nitrogens with one attached hydrogen (secondary N) is 2. The molecule has 0 aromatic heterocycles. The average Bonchev–Trinajstić information content (AvgIpc) is 2.88. The highest BCUT2D eigenvalue weighted by molar-refractivity contribution is 5.80. The van der Waals surface area contributed by atoms with Crippen molar-refractivity contribution in [3.8, 4) is 0 Å². The summed E-state index contributed by atoms with van der Waals surface area (Å²) in [4.78, 5) is 17.6. The van der Waals surface area contributed by atoms with Crippen molar-refractivity contribution in [2.75, 3.05) is 27.2 Å². The topological polar surface area (TPSA) is 66.0 Å². The maximum atomic E-state index is 11.8. The quantitative estimate of drug-likeness (QED) is 0.615. The van der Waals surface area contributed by atoms with E-state index in [1.807, 2.05) is 20.8 Å². The summed E-state index contributed by atoms with van der Waals surface area (Å²) in [6, 6.07) is 0.528. The van der Waals surface area contributed by atoms with Gasteiger partial charge in [-0.05, 0) is 33.6 Å².